The van der Waals surface area contributed by atoms with Crippen LogP contribution in [0.3, 0.4) is 0 Å². The number of para-hydroxylation sites is 1. The fourth-order valence-electron chi connectivity index (χ4n) is 1.15. The Bertz CT molecular complexity index is 450. The first-order valence-electron chi connectivity index (χ1n) is 3.76. The molecular weight excluding hydrogens is 190 g/mol. The Balaban J connectivity index is 2.64. The standard InChI is InChI=1S/C9H6ClNO2/c10-5-7(12)9-6-3-1-2-4-8(6)13-11-9/h1-4H,5H2. The highest BCUT2D eigenvalue weighted by atomic mass is 35.5. The van der Waals surface area contributed by atoms with Gasteiger partial charge in [0.1, 0.15) is 0 Å². The number of aromatic nitrogens is 1. The monoisotopic (exact) mass is 195 g/mol. The largest absolute Gasteiger partial charge is 0.356 e. The summed E-state index contributed by atoms with van der Waals surface area (Å²) in [4.78, 5) is 11.2. The van der Waals surface area contributed by atoms with Crippen LogP contribution in [-0.2, 0) is 0 Å². The lowest BCUT2D eigenvalue weighted by molar-refractivity contribution is 0.101. The highest BCUT2D eigenvalue weighted by Crippen LogP contribution is 2.18. The predicted octanol–water partition coefficient (Wildman–Crippen LogP) is 2.25. The third-order valence-corrected chi connectivity index (χ3v) is 2.01. The normalized spacial score (nSPS) is 10.5. The number of halogens is 1. The van der Waals surface area contributed by atoms with Crippen LogP contribution in [0.5, 0.6) is 0 Å². The van der Waals surface area contributed by atoms with Crippen molar-refractivity contribution in [3.05, 3.63) is 30.0 Å². The Kier molecular flexibility index (Phi) is 2.02. The van der Waals surface area contributed by atoms with E-state index in [0.29, 0.717) is 16.7 Å². The zero-order chi connectivity index (χ0) is 9.26. The van der Waals surface area contributed by atoms with Gasteiger partial charge in [-0.2, -0.15) is 0 Å². The topological polar surface area (TPSA) is 43.1 Å². The summed E-state index contributed by atoms with van der Waals surface area (Å²) < 4.78 is 4.94. The van der Waals surface area contributed by atoms with Crippen LogP contribution in [-0.4, -0.2) is 16.8 Å². The van der Waals surface area contributed by atoms with E-state index in [-0.39, 0.29) is 11.7 Å². The number of fused-ring (bicyclic) bond motifs is 1. The molecule has 1 heterocycles. The Morgan fingerprint density at radius 3 is 3.00 bits per heavy atom. The summed E-state index contributed by atoms with van der Waals surface area (Å²) in [7, 11) is 0. The highest BCUT2D eigenvalue weighted by Gasteiger charge is 2.13. The van der Waals surface area contributed by atoms with E-state index in [9.17, 15) is 4.79 Å². The second-order valence-electron chi connectivity index (χ2n) is 2.58. The Morgan fingerprint density at radius 1 is 1.46 bits per heavy atom. The van der Waals surface area contributed by atoms with Gasteiger partial charge in [0.15, 0.2) is 17.1 Å². The molecule has 0 radical (unpaired) electrons. The molecule has 3 nitrogen and oxygen atoms in total. The number of benzene rings is 1. The summed E-state index contributed by atoms with van der Waals surface area (Å²) in [6, 6.07) is 7.19. The molecule has 1 aromatic heterocycles. The number of hydrogen-bond acceptors (Lipinski definition) is 3. The molecule has 1 aromatic carbocycles. The summed E-state index contributed by atoms with van der Waals surface area (Å²) in [5.41, 5.74) is 0.918. The number of ketones is 1. The van der Waals surface area contributed by atoms with Crippen LogP contribution in [0.15, 0.2) is 28.8 Å². The average Bonchev–Trinajstić information content (AvgIpc) is 2.60. The van der Waals surface area contributed by atoms with E-state index in [2.05, 4.69) is 5.16 Å². The molecule has 2 aromatic rings. The van der Waals surface area contributed by atoms with Crippen molar-refractivity contribution in [1.29, 1.82) is 0 Å². The van der Waals surface area contributed by atoms with Gasteiger partial charge in [0.2, 0.25) is 0 Å². The fraction of sp³-hybridized carbons (Fsp3) is 0.111. The second kappa shape index (κ2) is 3.18. The van der Waals surface area contributed by atoms with E-state index in [1.165, 1.54) is 0 Å². The van der Waals surface area contributed by atoms with Crippen LogP contribution in [0.1, 0.15) is 10.5 Å². The smallest absolute Gasteiger partial charge is 0.200 e. The Labute approximate surface area is 79.3 Å². The van der Waals surface area contributed by atoms with Crippen LogP contribution >= 0.6 is 11.6 Å². The summed E-state index contributed by atoms with van der Waals surface area (Å²) in [6.45, 7) is 0. The minimum Gasteiger partial charge on any atom is -0.356 e. The molecule has 13 heavy (non-hydrogen) atoms. The molecule has 0 aliphatic rings. The van der Waals surface area contributed by atoms with Gasteiger partial charge < -0.3 is 4.52 Å². The average molecular weight is 196 g/mol. The number of carbonyl (C=O) groups is 1. The van der Waals surface area contributed by atoms with Gasteiger partial charge in [0, 0.05) is 0 Å². The lowest BCUT2D eigenvalue weighted by Gasteiger charge is -1.88. The lowest BCUT2D eigenvalue weighted by Crippen LogP contribution is -2.00. The van der Waals surface area contributed by atoms with Gasteiger partial charge in [0.05, 0.1) is 11.3 Å². The zero-order valence-electron chi connectivity index (χ0n) is 6.66. The van der Waals surface area contributed by atoms with E-state index in [0.717, 1.165) is 0 Å². The van der Waals surface area contributed by atoms with Crippen LogP contribution < -0.4 is 0 Å². The molecule has 4 heteroatoms. The minimum absolute atomic E-state index is 0.0729. The minimum atomic E-state index is -0.216. The van der Waals surface area contributed by atoms with Crippen LogP contribution in [0.4, 0.5) is 0 Å². The second-order valence-corrected chi connectivity index (χ2v) is 2.85. The molecule has 0 spiro atoms. The maximum absolute atomic E-state index is 11.2. The molecule has 0 fully saturated rings. The summed E-state index contributed by atoms with van der Waals surface area (Å²) in [6.07, 6.45) is 0. The number of Topliss-reactive ketones (excluding diaryl/α,β-unsaturated/α-hetero) is 1. The molecule has 0 aliphatic carbocycles. The molecule has 2 rings (SSSR count). The molecular formula is C9H6ClNO2. The molecule has 0 N–H and O–H groups in total. The van der Waals surface area contributed by atoms with Crippen molar-refractivity contribution < 1.29 is 9.32 Å². The molecule has 0 saturated carbocycles. The van der Waals surface area contributed by atoms with Gasteiger partial charge in [-0.25, -0.2) is 0 Å². The van der Waals surface area contributed by atoms with Gasteiger partial charge >= 0.3 is 0 Å². The molecule has 0 atom stereocenters. The van der Waals surface area contributed by atoms with Gasteiger partial charge in [0.25, 0.3) is 0 Å². The maximum atomic E-state index is 11.2. The van der Waals surface area contributed by atoms with Crippen molar-refractivity contribution in [2.45, 2.75) is 0 Å². The van der Waals surface area contributed by atoms with Gasteiger partial charge in [-0.1, -0.05) is 17.3 Å². The summed E-state index contributed by atoms with van der Waals surface area (Å²) in [5.74, 6) is -0.289. The summed E-state index contributed by atoms with van der Waals surface area (Å²) >= 11 is 5.41. The maximum Gasteiger partial charge on any atom is 0.200 e. The third-order valence-electron chi connectivity index (χ3n) is 1.76. The Hall–Kier alpha value is -1.35. The molecule has 0 amide bonds. The van der Waals surface area contributed by atoms with Crippen molar-refractivity contribution in [1.82, 2.24) is 5.16 Å². The zero-order valence-corrected chi connectivity index (χ0v) is 7.41. The van der Waals surface area contributed by atoms with Crippen molar-refractivity contribution >= 4 is 28.4 Å². The number of carbonyl (C=O) groups excluding carboxylic acids is 1. The van der Waals surface area contributed by atoms with Crippen molar-refractivity contribution in [2.75, 3.05) is 5.88 Å². The molecule has 0 aliphatic heterocycles. The molecule has 0 bridgehead atoms. The quantitative estimate of drug-likeness (QED) is 0.545. The first kappa shape index (κ1) is 8.26. The molecule has 66 valence electrons. The van der Waals surface area contributed by atoms with E-state index >= 15 is 0 Å². The van der Waals surface area contributed by atoms with Crippen molar-refractivity contribution in [3.63, 3.8) is 0 Å². The van der Waals surface area contributed by atoms with E-state index < -0.39 is 0 Å². The van der Waals surface area contributed by atoms with E-state index in [1.54, 1.807) is 12.1 Å². The van der Waals surface area contributed by atoms with Gasteiger partial charge in [-0.05, 0) is 12.1 Å². The van der Waals surface area contributed by atoms with Gasteiger partial charge in [-0.15, -0.1) is 11.6 Å². The van der Waals surface area contributed by atoms with E-state index in [1.807, 2.05) is 12.1 Å². The van der Waals surface area contributed by atoms with Crippen molar-refractivity contribution in [3.8, 4) is 0 Å². The van der Waals surface area contributed by atoms with Crippen LogP contribution in [0.25, 0.3) is 11.0 Å². The third kappa shape index (κ3) is 1.31. The SMILES string of the molecule is O=C(CCl)c1noc2ccccc12. The number of rotatable bonds is 2. The predicted molar refractivity (Wildman–Crippen MR) is 49.1 cm³/mol. The first-order chi connectivity index (χ1) is 6.33. The highest BCUT2D eigenvalue weighted by molar-refractivity contribution is 6.31. The molecule has 0 unspecified atom stereocenters. The number of hydrogen-bond donors (Lipinski definition) is 0. The fourth-order valence-corrected chi connectivity index (χ4v) is 1.28. The number of alkyl halides is 1. The van der Waals surface area contributed by atoms with Crippen LogP contribution in [0.2, 0.25) is 0 Å². The lowest BCUT2D eigenvalue weighted by atomic mass is 10.2. The molecule has 0 saturated heterocycles. The van der Waals surface area contributed by atoms with Gasteiger partial charge in [-0.3, -0.25) is 4.79 Å². The first-order valence-corrected chi connectivity index (χ1v) is 4.30. The van der Waals surface area contributed by atoms with E-state index in [4.69, 9.17) is 16.1 Å². The Morgan fingerprint density at radius 2 is 2.23 bits per heavy atom. The van der Waals surface area contributed by atoms with Crippen LogP contribution in [0, 0.1) is 0 Å². The van der Waals surface area contributed by atoms with Crippen molar-refractivity contribution in [2.24, 2.45) is 0 Å². The number of nitrogens with zero attached hydrogens (tertiary/aromatic N) is 1. The summed E-state index contributed by atoms with van der Waals surface area (Å²) in [5, 5.41) is 4.37.